The van der Waals surface area contributed by atoms with E-state index in [1.807, 2.05) is 13.8 Å². The van der Waals surface area contributed by atoms with Crippen molar-refractivity contribution in [1.29, 1.82) is 0 Å². The third-order valence-corrected chi connectivity index (χ3v) is 4.55. The van der Waals surface area contributed by atoms with Crippen LogP contribution in [0.25, 0.3) is 0 Å². The Morgan fingerprint density at radius 2 is 2.00 bits per heavy atom. The summed E-state index contributed by atoms with van der Waals surface area (Å²) in [6.45, 7) is 7.00. The molecule has 1 fully saturated rings. The van der Waals surface area contributed by atoms with Gasteiger partial charge in [-0.15, -0.1) is 10.2 Å². The van der Waals surface area contributed by atoms with Crippen molar-refractivity contribution in [2.24, 2.45) is 7.05 Å². The summed E-state index contributed by atoms with van der Waals surface area (Å²) in [4.78, 5) is 16.5. The lowest BCUT2D eigenvalue weighted by Crippen LogP contribution is -2.36. The van der Waals surface area contributed by atoms with Crippen LogP contribution in [0.2, 0.25) is 0 Å². The van der Waals surface area contributed by atoms with Crippen LogP contribution in [0.1, 0.15) is 60.6 Å². The number of nitrogens with zero attached hydrogens (tertiary/aromatic N) is 6. The Morgan fingerprint density at radius 1 is 1.22 bits per heavy atom. The highest BCUT2D eigenvalue weighted by molar-refractivity contribution is 5.92. The summed E-state index contributed by atoms with van der Waals surface area (Å²) < 4.78 is 32.5. The van der Waals surface area contributed by atoms with Crippen molar-refractivity contribution in [2.75, 3.05) is 26.2 Å². The highest BCUT2D eigenvalue weighted by Crippen LogP contribution is 2.19. The molecule has 148 valence electrons. The third kappa shape index (κ3) is 4.49. The van der Waals surface area contributed by atoms with Crippen LogP contribution in [-0.2, 0) is 13.6 Å². The van der Waals surface area contributed by atoms with Gasteiger partial charge in [0.15, 0.2) is 0 Å². The first-order valence-corrected chi connectivity index (χ1v) is 9.01. The van der Waals surface area contributed by atoms with Crippen molar-refractivity contribution in [2.45, 2.75) is 39.2 Å². The molecule has 0 aromatic carbocycles. The zero-order valence-corrected chi connectivity index (χ0v) is 15.7. The SMILES string of the molecule is CC(C)c1nnc(CN2CCCN(C(=O)c3cc(C(F)F)nn3C)CC2)o1. The summed E-state index contributed by atoms with van der Waals surface area (Å²) in [5.74, 6) is 1.08. The minimum atomic E-state index is -2.69. The van der Waals surface area contributed by atoms with Crippen molar-refractivity contribution >= 4 is 5.91 Å². The fourth-order valence-electron chi connectivity index (χ4n) is 3.05. The second-order valence-electron chi connectivity index (χ2n) is 6.99. The lowest BCUT2D eigenvalue weighted by Gasteiger charge is -2.21. The van der Waals surface area contributed by atoms with Gasteiger partial charge in [0.25, 0.3) is 12.3 Å². The number of hydrogen-bond donors (Lipinski definition) is 0. The number of hydrogen-bond acceptors (Lipinski definition) is 6. The summed E-state index contributed by atoms with van der Waals surface area (Å²) >= 11 is 0. The number of rotatable bonds is 5. The Bertz CT molecular complexity index is 788. The van der Waals surface area contributed by atoms with Gasteiger partial charge in [-0.25, -0.2) is 8.78 Å². The maximum absolute atomic E-state index is 12.8. The number of halogens is 2. The van der Waals surface area contributed by atoms with E-state index in [2.05, 4.69) is 20.2 Å². The molecule has 1 aliphatic rings. The van der Waals surface area contributed by atoms with Gasteiger partial charge in [-0.3, -0.25) is 14.4 Å². The van der Waals surface area contributed by atoms with E-state index in [0.717, 1.165) is 13.0 Å². The molecule has 0 N–H and O–H groups in total. The van der Waals surface area contributed by atoms with Gasteiger partial charge >= 0.3 is 0 Å². The first-order chi connectivity index (χ1) is 12.8. The average Bonchev–Trinajstić information content (AvgIpc) is 3.16. The Balaban J connectivity index is 1.61. The molecule has 8 nitrogen and oxygen atoms in total. The molecular weight excluding hydrogens is 358 g/mol. The first kappa shape index (κ1) is 19.4. The number of aromatic nitrogens is 4. The van der Waals surface area contributed by atoms with Gasteiger partial charge in [-0.05, 0) is 12.5 Å². The molecule has 0 spiro atoms. The van der Waals surface area contributed by atoms with Crippen LogP contribution in [0, 0.1) is 0 Å². The van der Waals surface area contributed by atoms with Gasteiger partial charge in [0, 0.05) is 39.1 Å². The number of amides is 1. The van der Waals surface area contributed by atoms with Gasteiger partial charge in [0.2, 0.25) is 11.8 Å². The van der Waals surface area contributed by atoms with Crippen LogP contribution >= 0.6 is 0 Å². The highest BCUT2D eigenvalue weighted by atomic mass is 19.3. The normalized spacial score (nSPS) is 16.3. The molecular formula is C17H24F2N6O2. The molecule has 1 saturated heterocycles. The van der Waals surface area contributed by atoms with E-state index < -0.39 is 6.43 Å². The highest BCUT2D eigenvalue weighted by Gasteiger charge is 2.25. The zero-order chi connectivity index (χ0) is 19.6. The van der Waals surface area contributed by atoms with E-state index in [9.17, 15) is 13.6 Å². The molecule has 3 heterocycles. The van der Waals surface area contributed by atoms with Crippen LogP contribution in [0.5, 0.6) is 0 Å². The van der Waals surface area contributed by atoms with Crippen molar-refractivity contribution in [3.8, 4) is 0 Å². The summed E-state index contributed by atoms with van der Waals surface area (Å²) in [6.07, 6.45) is -1.92. The lowest BCUT2D eigenvalue weighted by atomic mass is 10.2. The summed E-state index contributed by atoms with van der Waals surface area (Å²) in [5.41, 5.74) is -0.202. The Hall–Kier alpha value is -2.36. The molecule has 2 aromatic rings. The van der Waals surface area contributed by atoms with Gasteiger partial charge < -0.3 is 9.32 Å². The summed E-state index contributed by atoms with van der Waals surface area (Å²) in [6, 6.07) is 1.17. The van der Waals surface area contributed by atoms with E-state index in [0.29, 0.717) is 38.0 Å². The van der Waals surface area contributed by atoms with Crippen LogP contribution in [0.15, 0.2) is 10.5 Å². The van der Waals surface area contributed by atoms with E-state index in [-0.39, 0.29) is 23.2 Å². The standard InChI is InChI=1S/C17H24F2N6O2/c1-11(2)16-21-20-14(27-16)10-24-5-4-6-25(8-7-24)17(26)13-9-12(15(18)19)22-23(13)3/h9,11,15H,4-8,10H2,1-3H3. The monoisotopic (exact) mass is 382 g/mol. The van der Waals surface area contributed by atoms with Crippen molar-refractivity contribution in [1.82, 2.24) is 29.8 Å². The smallest absolute Gasteiger partial charge is 0.282 e. The van der Waals surface area contributed by atoms with E-state index in [1.54, 1.807) is 4.90 Å². The second-order valence-corrected chi connectivity index (χ2v) is 6.99. The lowest BCUT2D eigenvalue weighted by molar-refractivity contribution is 0.0749. The van der Waals surface area contributed by atoms with Gasteiger partial charge in [0.05, 0.1) is 6.54 Å². The molecule has 10 heteroatoms. The molecule has 0 atom stereocenters. The summed E-state index contributed by atoms with van der Waals surface area (Å²) in [7, 11) is 1.51. The maximum Gasteiger partial charge on any atom is 0.282 e. The number of aryl methyl sites for hydroxylation is 1. The Labute approximate surface area is 156 Å². The van der Waals surface area contributed by atoms with Gasteiger partial charge in [0.1, 0.15) is 11.4 Å². The number of carbonyl (C=O) groups excluding carboxylic acids is 1. The predicted molar refractivity (Wildman–Crippen MR) is 92.3 cm³/mol. The van der Waals surface area contributed by atoms with Crippen LogP contribution in [0.4, 0.5) is 8.78 Å². The van der Waals surface area contributed by atoms with Gasteiger partial charge in [-0.2, -0.15) is 5.10 Å². The molecule has 1 amide bonds. The van der Waals surface area contributed by atoms with E-state index >= 15 is 0 Å². The molecule has 1 aliphatic heterocycles. The quantitative estimate of drug-likeness (QED) is 0.789. The Kier molecular flexibility index (Phi) is 5.83. The molecule has 0 aliphatic carbocycles. The van der Waals surface area contributed by atoms with Crippen molar-refractivity contribution in [3.63, 3.8) is 0 Å². The molecule has 0 bridgehead atoms. The Morgan fingerprint density at radius 3 is 2.63 bits per heavy atom. The molecule has 27 heavy (non-hydrogen) atoms. The first-order valence-electron chi connectivity index (χ1n) is 9.01. The molecule has 0 radical (unpaired) electrons. The fourth-order valence-corrected chi connectivity index (χ4v) is 3.05. The second kappa shape index (κ2) is 8.12. The molecule has 0 saturated carbocycles. The number of alkyl halides is 2. The van der Waals surface area contributed by atoms with Crippen molar-refractivity contribution in [3.05, 3.63) is 29.2 Å². The summed E-state index contributed by atoms with van der Waals surface area (Å²) in [5, 5.41) is 11.8. The maximum atomic E-state index is 12.8. The number of carbonyl (C=O) groups is 1. The zero-order valence-electron chi connectivity index (χ0n) is 15.7. The van der Waals surface area contributed by atoms with E-state index in [1.165, 1.54) is 17.8 Å². The minimum absolute atomic E-state index is 0.178. The third-order valence-electron chi connectivity index (χ3n) is 4.55. The molecule has 3 rings (SSSR count). The van der Waals surface area contributed by atoms with Crippen molar-refractivity contribution < 1.29 is 18.0 Å². The fraction of sp³-hybridized carbons (Fsp3) is 0.647. The van der Waals surface area contributed by atoms with Crippen LogP contribution in [-0.4, -0.2) is 61.9 Å². The largest absolute Gasteiger partial charge is 0.424 e. The molecule has 0 unspecified atom stereocenters. The van der Waals surface area contributed by atoms with Crippen LogP contribution < -0.4 is 0 Å². The van der Waals surface area contributed by atoms with E-state index in [4.69, 9.17) is 4.42 Å². The predicted octanol–water partition coefficient (Wildman–Crippen LogP) is 2.21. The topological polar surface area (TPSA) is 80.3 Å². The van der Waals surface area contributed by atoms with Gasteiger partial charge in [-0.1, -0.05) is 13.8 Å². The molecule has 2 aromatic heterocycles. The average molecular weight is 382 g/mol. The van der Waals surface area contributed by atoms with Crippen LogP contribution in [0.3, 0.4) is 0 Å². The minimum Gasteiger partial charge on any atom is -0.424 e.